The molecule has 3 aromatic rings. The Morgan fingerprint density at radius 1 is 1.37 bits per heavy atom. The zero-order valence-corrected chi connectivity index (χ0v) is 19.1. The lowest BCUT2D eigenvalue weighted by molar-refractivity contribution is -0.0499. The van der Waals surface area contributed by atoms with E-state index in [2.05, 4.69) is 20.2 Å². The predicted octanol–water partition coefficient (Wildman–Crippen LogP) is 3.34. The van der Waals surface area contributed by atoms with Gasteiger partial charge in [0.05, 0.1) is 30.5 Å². The van der Waals surface area contributed by atoms with Crippen molar-refractivity contribution in [3.8, 4) is 22.8 Å². The van der Waals surface area contributed by atoms with Gasteiger partial charge >= 0.3 is 6.61 Å². The number of alkyl halides is 2. The molecule has 0 spiro atoms. The molecule has 0 unspecified atom stereocenters. The molecule has 0 aliphatic carbocycles. The van der Waals surface area contributed by atoms with Crippen molar-refractivity contribution in [2.75, 3.05) is 25.1 Å². The number of halogens is 3. The second kappa shape index (κ2) is 9.82. The van der Waals surface area contributed by atoms with Gasteiger partial charge < -0.3 is 29.9 Å². The van der Waals surface area contributed by atoms with E-state index in [-0.39, 0.29) is 34.9 Å². The molecule has 1 aliphatic rings. The SMILES string of the molecule is COc1ncc(C(=O)NCc2ccon2)c(N2CC[C@](C)(N)C2)c1-c1cc(F)cc(OC(F)F)c1. The molecule has 3 N–H and O–H groups in total. The second-order valence-corrected chi connectivity index (χ2v) is 8.46. The number of rotatable bonds is 8. The van der Waals surface area contributed by atoms with Crippen molar-refractivity contribution in [1.29, 1.82) is 0 Å². The Balaban J connectivity index is 1.85. The summed E-state index contributed by atoms with van der Waals surface area (Å²) >= 11 is 0. The van der Waals surface area contributed by atoms with E-state index in [9.17, 15) is 18.0 Å². The number of benzene rings is 1. The number of nitrogens with two attached hydrogens (primary N) is 1. The van der Waals surface area contributed by atoms with Crippen LogP contribution in [0.1, 0.15) is 29.4 Å². The Hall–Kier alpha value is -3.80. The molecule has 186 valence electrons. The van der Waals surface area contributed by atoms with Gasteiger partial charge in [-0.25, -0.2) is 9.37 Å². The van der Waals surface area contributed by atoms with Crippen LogP contribution < -0.4 is 25.4 Å². The minimum atomic E-state index is -3.14. The van der Waals surface area contributed by atoms with E-state index in [1.807, 2.05) is 11.8 Å². The minimum absolute atomic E-state index is 0.0762. The molecule has 4 rings (SSSR count). The highest BCUT2D eigenvalue weighted by atomic mass is 19.3. The van der Waals surface area contributed by atoms with E-state index in [0.717, 1.165) is 12.1 Å². The summed E-state index contributed by atoms with van der Waals surface area (Å²) in [5, 5.41) is 6.52. The normalized spacial score (nSPS) is 17.6. The molecule has 1 fully saturated rings. The molecule has 2 aromatic heterocycles. The van der Waals surface area contributed by atoms with E-state index in [1.54, 1.807) is 6.07 Å². The number of nitrogens with zero attached hydrogens (tertiary/aromatic N) is 3. The molecule has 1 aromatic carbocycles. The Kier molecular flexibility index (Phi) is 6.83. The van der Waals surface area contributed by atoms with Crippen molar-refractivity contribution in [2.24, 2.45) is 5.73 Å². The number of hydrogen-bond acceptors (Lipinski definition) is 8. The monoisotopic (exact) mass is 491 g/mol. The lowest BCUT2D eigenvalue weighted by Crippen LogP contribution is -2.39. The van der Waals surface area contributed by atoms with Gasteiger partial charge in [-0.05, 0) is 31.0 Å². The van der Waals surface area contributed by atoms with Crippen molar-refractivity contribution in [2.45, 2.75) is 32.0 Å². The molecule has 35 heavy (non-hydrogen) atoms. The molecular weight excluding hydrogens is 467 g/mol. The molecule has 9 nitrogen and oxygen atoms in total. The standard InChI is InChI=1S/C23H24F3N5O4/c1-23(27)4-5-31(12-23)19-17(20(32)28-10-15-3-6-34-30-15)11-29-21(33-2)18(19)13-7-14(24)9-16(8-13)35-22(25)26/h3,6-9,11,22H,4-5,10,12,27H2,1-2H3,(H,28,32)/t23-/m0/s1. The summed E-state index contributed by atoms with van der Waals surface area (Å²) in [7, 11) is 1.37. The van der Waals surface area contributed by atoms with Crippen LogP contribution in [0.3, 0.4) is 0 Å². The van der Waals surface area contributed by atoms with Gasteiger partial charge in [-0.2, -0.15) is 8.78 Å². The van der Waals surface area contributed by atoms with E-state index >= 15 is 0 Å². The van der Waals surface area contributed by atoms with Gasteiger partial charge in [0.15, 0.2) is 0 Å². The second-order valence-electron chi connectivity index (χ2n) is 8.46. The fraction of sp³-hybridized carbons (Fsp3) is 0.348. The van der Waals surface area contributed by atoms with Gasteiger partial charge in [0.25, 0.3) is 5.91 Å². The maximum absolute atomic E-state index is 14.5. The molecule has 1 amide bonds. The smallest absolute Gasteiger partial charge is 0.387 e. The first-order valence-corrected chi connectivity index (χ1v) is 10.7. The lowest BCUT2D eigenvalue weighted by Gasteiger charge is -2.27. The minimum Gasteiger partial charge on any atom is -0.480 e. The van der Waals surface area contributed by atoms with Gasteiger partial charge in [-0.3, -0.25) is 4.79 Å². The van der Waals surface area contributed by atoms with Crippen molar-refractivity contribution >= 4 is 11.6 Å². The summed E-state index contributed by atoms with van der Waals surface area (Å²) < 4.78 is 54.8. The number of aromatic nitrogens is 2. The molecule has 1 atom stereocenters. The van der Waals surface area contributed by atoms with Crippen LogP contribution in [0.2, 0.25) is 0 Å². The van der Waals surface area contributed by atoms with Crippen LogP contribution in [-0.2, 0) is 6.54 Å². The summed E-state index contributed by atoms with van der Waals surface area (Å²) in [6.45, 7) is -0.295. The van der Waals surface area contributed by atoms with Crippen LogP contribution in [0, 0.1) is 5.82 Å². The number of pyridine rings is 1. The van der Waals surface area contributed by atoms with Crippen LogP contribution in [0.4, 0.5) is 18.9 Å². The number of carbonyl (C=O) groups excluding carboxylic acids is 1. The molecule has 0 saturated carbocycles. The Morgan fingerprint density at radius 2 is 2.17 bits per heavy atom. The van der Waals surface area contributed by atoms with Gasteiger partial charge in [-0.1, -0.05) is 5.16 Å². The number of carbonyl (C=O) groups is 1. The van der Waals surface area contributed by atoms with Crippen molar-refractivity contribution in [1.82, 2.24) is 15.5 Å². The lowest BCUT2D eigenvalue weighted by atomic mass is 9.99. The zero-order valence-electron chi connectivity index (χ0n) is 19.1. The fourth-order valence-corrected chi connectivity index (χ4v) is 4.04. The number of methoxy groups -OCH3 is 1. The van der Waals surface area contributed by atoms with Gasteiger partial charge in [0.1, 0.15) is 23.5 Å². The Labute approximate surface area is 199 Å². The number of hydrogen-bond donors (Lipinski definition) is 2. The van der Waals surface area contributed by atoms with Crippen molar-refractivity contribution in [3.05, 3.63) is 53.8 Å². The first kappa shape index (κ1) is 24.3. The van der Waals surface area contributed by atoms with Crippen molar-refractivity contribution in [3.63, 3.8) is 0 Å². The molecule has 0 radical (unpaired) electrons. The highest BCUT2D eigenvalue weighted by Gasteiger charge is 2.35. The average Bonchev–Trinajstić information content (AvgIpc) is 3.44. The third kappa shape index (κ3) is 5.48. The largest absolute Gasteiger partial charge is 0.480 e. The highest BCUT2D eigenvalue weighted by molar-refractivity contribution is 6.04. The zero-order chi connectivity index (χ0) is 25.2. The summed E-state index contributed by atoms with van der Waals surface area (Å²) in [6.07, 6.45) is 3.35. The third-order valence-corrected chi connectivity index (χ3v) is 5.58. The van der Waals surface area contributed by atoms with Crippen molar-refractivity contribution < 1.29 is 32.0 Å². The maximum atomic E-state index is 14.5. The number of amides is 1. The van der Waals surface area contributed by atoms with E-state index in [4.69, 9.17) is 15.0 Å². The number of anilines is 1. The van der Waals surface area contributed by atoms with Gasteiger partial charge in [0.2, 0.25) is 5.88 Å². The third-order valence-electron chi connectivity index (χ3n) is 5.58. The first-order chi connectivity index (χ1) is 16.7. The van der Waals surface area contributed by atoms with Crippen LogP contribution >= 0.6 is 0 Å². The quantitative estimate of drug-likeness (QED) is 0.493. The molecule has 3 heterocycles. The van der Waals surface area contributed by atoms with Gasteiger partial charge in [0, 0.05) is 37.0 Å². The first-order valence-electron chi connectivity index (χ1n) is 10.7. The highest BCUT2D eigenvalue weighted by Crippen LogP contribution is 2.43. The number of ether oxygens (including phenoxy) is 2. The van der Waals surface area contributed by atoms with E-state index < -0.39 is 23.9 Å². The Bertz CT molecular complexity index is 1200. The Morgan fingerprint density at radius 3 is 2.80 bits per heavy atom. The van der Waals surface area contributed by atoms with Crippen LogP contribution in [0.25, 0.3) is 11.1 Å². The number of nitrogens with one attached hydrogen (secondary N) is 1. The molecule has 1 aliphatic heterocycles. The molecule has 0 bridgehead atoms. The van der Waals surface area contributed by atoms with Gasteiger partial charge in [-0.15, -0.1) is 0 Å². The topological polar surface area (TPSA) is 116 Å². The average molecular weight is 491 g/mol. The summed E-state index contributed by atoms with van der Waals surface area (Å²) in [4.78, 5) is 19.4. The van der Waals surface area contributed by atoms with Crippen LogP contribution in [0.5, 0.6) is 11.6 Å². The van der Waals surface area contributed by atoms with E-state index in [1.165, 1.54) is 25.6 Å². The molecule has 12 heteroatoms. The fourth-order valence-electron chi connectivity index (χ4n) is 4.04. The maximum Gasteiger partial charge on any atom is 0.387 e. The predicted molar refractivity (Wildman–Crippen MR) is 120 cm³/mol. The van der Waals surface area contributed by atoms with Crippen LogP contribution in [0.15, 0.2) is 41.2 Å². The summed E-state index contributed by atoms with van der Waals surface area (Å²) in [5.74, 6) is -1.59. The molecule has 1 saturated heterocycles. The van der Waals surface area contributed by atoms with Crippen LogP contribution in [-0.4, -0.2) is 48.4 Å². The van der Waals surface area contributed by atoms with E-state index in [0.29, 0.717) is 30.9 Å². The molecular formula is C23H24F3N5O4. The summed E-state index contributed by atoms with van der Waals surface area (Å²) in [5.41, 5.74) is 7.26. The summed E-state index contributed by atoms with van der Waals surface area (Å²) in [6, 6.07) is 4.83.